The fourth-order valence-electron chi connectivity index (χ4n) is 2.90. The molecule has 2 atom stereocenters. The van der Waals surface area contributed by atoms with E-state index in [2.05, 4.69) is 9.71 Å². The fraction of sp³-hybridized carbons (Fsp3) is 0.471. The van der Waals surface area contributed by atoms with Crippen molar-refractivity contribution in [2.24, 2.45) is 0 Å². The molecule has 1 aliphatic heterocycles. The van der Waals surface area contributed by atoms with Crippen LogP contribution in [0, 0.1) is 0 Å². The van der Waals surface area contributed by atoms with Gasteiger partial charge in [-0.1, -0.05) is 12.1 Å². The highest BCUT2D eigenvalue weighted by atomic mass is 32.2. The first-order valence-corrected chi connectivity index (χ1v) is 9.89. The third-order valence-corrected chi connectivity index (χ3v) is 5.77. The van der Waals surface area contributed by atoms with Crippen LogP contribution < -0.4 is 4.72 Å². The quantitative estimate of drug-likeness (QED) is 0.833. The van der Waals surface area contributed by atoms with Crippen LogP contribution in [0.3, 0.4) is 0 Å². The van der Waals surface area contributed by atoms with E-state index in [1.807, 2.05) is 42.0 Å². The maximum Gasteiger partial charge on any atom is 0.212 e. The van der Waals surface area contributed by atoms with Gasteiger partial charge in [0.2, 0.25) is 10.0 Å². The van der Waals surface area contributed by atoms with Gasteiger partial charge in [0.1, 0.15) is 0 Å². The molecule has 6 nitrogen and oxygen atoms in total. The first kappa shape index (κ1) is 17.1. The van der Waals surface area contributed by atoms with Crippen LogP contribution in [0.2, 0.25) is 0 Å². The van der Waals surface area contributed by atoms with Crippen LogP contribution in [-0.4, -0.2) is 36.4 Å². The van der Waals surface area contributed by atoms with Gasteiger partial charge in [-0.05, 0) is 43.9 Å². The number of ether oxygens (including phenoxy) is 1. The van der Waals surface area contributed by atoms with E-state index in [4.69, 9.17) is 4.74 Å². The first-order valence-electron chi connectivity index (χ1n) is 8.23. The average molecular weight is 349 g/mol. The van der Waals surface area contributed by atoms with Gasteiger partial charge in [-0.2, -0.15) is 0 Å². The van der Waals surface area contributed by atoms with Gasteiger partial charge < -0.3 is 9.30 Å². The van der Waals surface area contributed by atoms with Crippen LogP contribution in [0.1, 0.15) is 37.8 Å². The van der Waals surface area contributed by atoms with Crippen LogP contribution in [0.25, 0.3) is 5.69 Å². The highest BCUT2D eigenvalue weighted by Gasteiger charge is 2.21. The van der Waals surface area contributed by atoms with E-state index >= 15 is 0 Å². The number of rotatable bonds is 7. The van der Waals surface area contributed by atoms with E-state index in [9.17, 15) is 8.42 Å². The molecule has 3 rings (SSSR count). The second-order valence-electron chi connectivity index (χ2n) is 6.14. The summed E-state index contributed by atoms with van der Waals surface area (Å²) in [7, 11) is -3.31. The summed E-state index contributed by atoms with van der Waals surface area (Å²) in [6.07, 6.45) is 7.95. The maximum absolute atomic E-state index is 12.2. The number of nitrogens with one attached hydrogen (secondary N) is 1. The number of aromatic nitrogens is 2. The van der Waals surface area contributed by atoms with Crippen LogP contribution in [0.4, 0.5) is 0 Å². The van der Waals surface area contributed by atoms with E-state index < -0.39 is 10.0 Å². The molecule has 1 aliphatic rings. The summed E-state index contributed by atoms with van der Waals surface area (Å²) < 4.78 is 34.6. The van der Waals surface area contributed by atoms with Crippen molar-refractivity contribution in [2.45, 2.75) is 38.3 Å². The lowest BCUT2D eigenvalue weighted by Crippen LogP contribution is -2.30. The molecule has 0 radical (unpaired) electrons. The number of nitrogens with zero attached hydrogens (tertiary/aromatic N) is 2. The molecule has 0 saturated carbocycles. The number of hydrogen-bond donors (Lipinski definition) is 1. The molecule has 130 valence electrons. The number of imidazole rings is 1. The van der Waals surface area contributed by atoms with Crippen LogP contribution in [0.5, 0.6) is 0 Å². The monoisotopic (exact) mass is 349 g/mol. The minimum absolute atomic E-state index is 0.0892. The second-order valence-corrected chi connectivity index (χ2v) is 8.02. The zero-order chi connectivity index (χ0) is 17.0. The van der Waals surface area contributed by atoms with Gasteiger partial charge in [0.15, 0.2) is 0 Å². The van der Waals surface area contributed by atoms with Crippen molar-refractivity contribution in [2.75, 3.05) is 12.4 Å². The molecule has 1 N–H and O–H groups in total. The van der Waals surface area contributed by atoms with E-state index in [0.717, 1.165) is 30.7 Å². The fourth-order valence-corrected chi connectivity index (χ4v) is 4.27. The van der Waals surface area contributed by atoms with Crippen molar-refractivity contribution in [3.63, 3.8) is 0 Å². The standard InChI is InChI=1S/C17H23N3O3S/c1-14(19-24(21,22)12-8-17-3-2-11-23-17)15-4-6-16(7-5-15)20-10-9-18-13-20/h4-7,9-10,13-14,17,19H,2-3,8,11-12H2,1H3/t14-,17+/m0/s1. The van der Waals surface area contributed by atoms with Gasteiger partial charge in [-0.15, -0.1) is 0 Å². The highest BCUT2D eigenvalue weighted by molar-refractivity contribution is 7.89. The molecule has 2 heterocycles. The van der Waals surface area contributed by atoms with Crippen molar-refractivity contribution >= 4 is 10.0 Å². The maximum atomic E-state index is 12.2. The summed E-state index contributed by atoms with van der Waals surface area (Å²) in [4.78, 5) is 4.02. The summed E-state index contributed by atoms with van der Waals surface area (Å²) in [5.41, 5.74) is 1.92. The lowest BCUT2D eigenvalue weighted by atomic mass is 10.1. The molecule has 0 amide bonds. The lowest BCUT2D eigenvalue weighted by Gasteiger charge is -2.16. The van der Waals surface area contributed by atoms with E-state index in [1.165, 1.54) is 0 Å². The van der Waals surface area contributed by atoms with Gasteiger partial charge in [-0.3, -0.25) is 0 Å². The van der Waals surface area contributed by atoms with E-state index in [-0.39, 0.29) is 17.9 Å². The van der Waals surface area contributed by atoms with E-state index in [1.54, 1.807) is 12.5 Å². The molecule has 0 spiro atoms. The van der Waals surface area contributed by atoms with E-state index in [0.29, 0.717) is 6.42 Å². The Morgan fingerprint density at radius 3 is 2.79 bits per heavy atom. The minimum atomic E-state index is -3.31. The molecule has 1 saturated heterocycles. The number of hydrogen-bond acceptors (Lipinski definition) is 4. The molecule has 0 aliphatic carbocycles. The van der Waals surface area contributed by atoms with Gasteiger partial charge >= 0.3 is 0 Å². The van der Waals surface area contributed by atoms with Gasteiger partial charge in [0, 0.05) is 30.7 Å². The zero-order valence-corrected chi connectivity index (χ0v) is 14.6. The third-order valence-electron chi connectivity index (χ3n) is 4.28. The molecule has 7 heteroatoms. The van der Waals surface area contributed by atoms with Crippen molar-refractivity contribution in [3.05, 3.63) is 48.5 Å². The molecule has 1 aromatic heterocycles. The van der Waals surface area contributed by atoms with Crippen LogP contribution >= 0.6 is 0 Å². The average Bonchev–Trinajstić information content (AvgIpc) is 3.26. The Morgan fingerprint density at radius 1 is 1.38 bits per heavy atom. The Bertz CT molecular complexity index is 736. The Kier molecular flexibility index (Phi) is 5.33. The molecule has 1 fully saturated rings. The van der Waals surface area contributed by atoms with Gasteiger partial charge in [0.25, 0.3) is 0 Å². The summed E-state index contributed by atoms with van der Waals surface area (Å²) in [5, 5.41) is 0. The minimum Gasteiger partial charge on any atom is -0.378 e. The second kappa shape index (κ2) is 7.46. The Labute approximate surface area is 142 Å². The molecular weight excluding hydrogens is 326 g/mol. The SMILES string of the molecule is C[C@H](NS(=O)(=O)CC[C@H]1CCCO1)c1ccc(-n2ccnc2)cc1. The van der Waals surface area contributed by atoms with Crippen LogP contribution in [-0.2, 0) is 14.8 Å². The smallest absolute Gasteiger partial charge is 0.212 e. The van der Waals surface area contributed by atoms with Crippen molar-refractivity contribution in [3.8, 4) is 5.69 Å². The van der Waals surface area contributed by atoms with Crippen LogP contribution in [0.15, 0.2) is 43.0 Å². The summed E-state index contributed by atoms with van der Waals surface area (Å²) in [6, 6.07) is 7.50. The third kappa shape index (κ3) is 4.43. The predicted octanol–water partition coefficient (Wildman–Crippen LogP) is 2.42. The summed E-state index contributed by atoms with van der Waals surface area (Å²) in [6.45, 7) is 2.60. The largest absolute Gasteiger partial charge is 0.378 e. The first-order chi connectivity index (χ1) is 11.5. The van der Waals surface area contributed by atoms with Gasteiger partial charge in [0.05, 0.1) is 18.2 Å². The number of benzene rings is 1. The molecule has 0 unspecified atom stereocenters. The highest BCUT2D eigenvalue weighted by Crippen LogP contribution is 2.19. The lowest BCUT2D eigenvalue weighted by molar-refractivity contribution is 0.108. The molecular formula is C17H23N3O3S. The molecule has 2 aromatic rings. The molecule has 24 heavy (non-hydrogen) atoms. The Morgan fingerprint density at radius 2 is 2.17 bits per heavy atom. The summed E-state index contributed by atoms with van der Waals surface area (Å²) >= 11 is 0. The molecule has 0 bridgehead atoms. The van der Waals surface area contributed by atoms with Crippen molar-refractivity contribution < 1.29 is 13.2 Å². The zero-order valence-electron chi connectivity index (χ0n) is 13.8. The summed E-state index contributed by atoms with van der Waals surface area (Å²) in [5.74, 6) is 0.106. The Hall–Kier alpha value is -1.70. The van der Waals surface area contributed by atoms with Crippen molar-refractivity contribution in [1.29, 1.82) is 0 Å². The van der Waals surface area contributed by atoms with Crippen molar-refractivity contribution in [1.82, 2.24) is 14.3 Å². The topological polar surface area (TPSA) is 73.2 Å². The predicted molar refractivity (Wildman–Crippen MR) is 92.5 cm³/mol. The van der Waals surface area contributed by atoms with Gasteiger partial charge in [-0.25, -0.2) is 18.1 Å². The Balaban J connectivity index is 1.58. The normalized spacial score (nSPS) is 19.5. The molecule has 1 aromatic carbocycles. The number of sulfonamides is 1.